The van der Waals surface area contributed by atoms with Gasteiger partial charge in [-0.3, -0.25) is 0 Å². The molecule has 21 heavy (non-hydrogen) atoms. The van der Waals surface area contributed by atoms with E-state index in [0.717, 1.165) is 25.6 Å². The van der Waals surface area contributed by atoms with Crippen molar-refractivity contribution >= 4 is 23.1 Å². The van der Waals surface area contributed by atoms with Crippen molar-refractivity contribution in [3.63, 3.8) is 0 Å². The number of hydrogen-bond acceptors (Lipinski definition) is 2. The second-order valence-electron chi connectivity index (χ2n) is 5.59. The molecule has 0 bridgehead atoms. The van der Waals surface area contributed by atoms with Gasteiger partial charge in [0.2, 0.25) is 0 Å². The Balaban J connectivity index is -0.00000162. The van der Waals surface area contributed by atoms with E-state index in [4.69, 9.17) is 9.47 Å². The maximum Gasteiger partial charge on any atom is 2.00 e. The van der Waals surface area contributed by atoms with E-state index in [1.165, 1.54) is 51.4 Å². The van der Waals surface area contributed by atoms with Crippen LogP contribution in [-0.2, 0) is 9.47 Å². The van der Waals surface area contributed by atoms with E-state index in [0.29, 0.717) is 6.79 Å². The zero-order valence-corrected chi connectivity index (χ0v) is 18.1. The van der Waals surface area contributed by atoms with Crippen LogP contribution in [-0.4, -0.2) is 43.1 Å². The van der Waals surface area contributed by atoms with Gasteiger partial charge in [-0.05, 0) is 12.8 Å². The summed E-state index contributed by atoms with van der Waals surface area (Å²) in [6.45, 7) is 8.85. The maximum absolute atomic E-state index is 5.47. The molecule has 0 aliphatic rings. The molecule has 0 saturated carbocycles. The van der Waals surface area contributed by atoms with Crippen molar-refractivity contribution in [3.05, 3.63) is 6.42 Å². The van der Waals surface area contributed by atoms with Gasteiger partial charge in [-0.1, -0.05) is 58.3 Å². The van der Waals surface area contributed by atoms with Crippen LogP contribution in [0, 0.1) is 12.3 Å². The van der Waals surface area contributed by atoms with Crippen molar-refractivity contribution in [2.45, 2.75) is 78.6 Å². The van der Waals surface area contributed by atoms with E-state index in [1.54, 1.807) is 0 Å². The van der Waals surface area contributed by atoms with Gasteiger partial charge in [-0.25, -0.2) is 0 Å². The van der Waals surface area contributed by atoms with Gasteiger partial charge in [-0.15, -0.1) is 0 Å². The zero-order chi connectivity index (χ0) is 14.2. The molecule has 0 radical (unpaired) electrons. The largest absolute Gasteiger partial charge is 2.00 e. The van der Waals surface area contributed by atoms with Crippen molar-refractivity contribution < 1.29 is 33.5 Å². The molecule has 0 aromatic heterocycles. The summed E-state index contributed by atoms with van der Waals surface area (Å²) in [6, 6.07) is 0. The first-order valence-corrected chi connectivity index (χ1v) is 8.24. The fraction of sp³-hybridized carbons (Fsp3) is 0.941. The van der Waals surface area contributed by atoms with Crippen LogP contribution in [0.1, 0.15) is 78.6 Å². The van der Waals surface area contributed by atoms with Crippen LogP contribution in [0.2, 0.25) is 0 Å². The van der Waals surface area contributed by atoms with Gasteiger partial charge in [0.25, 0.3) is 0 Å². The van der Waals surface area contributed by atoms with Crippen LogP contribution in [0.25, 0.3) is 0 Å². The summed E-state index contributed by atoms with van der Waals surface area (Å²) in [5.74, 6) is 0.789. The number of unbranched alkanes of at least 4 members (excludes halogenated alkanes) is 5. The van der Waals surface area contributed by atoms with E-state index in [-0.39, 0.29) is 47.0 Å². The number of rotatable bonds is 15. The molecule has 0 aliphatic heterocycles. The fourth-order valence-electron chi connectivity index (χ4n) is 2.22. The summed E-state index contributed by atoms with van der Waals surface area (Å²) < 4.78 is 10.9. The summed E-state index contributed by atoms with van der Waals surface area (Å²) in [4.78, 5) is 0. The molecule has 0 rings (SSSR count). The average Bonchev–Trinajstić information content (AvgIpc) is 2.40. The molecule has 0 saturated heterocycles. The topological polar surface area (TPSA) is 18.5 Å². The second-order valence-corrected chi connectivity index (χ2v) is 5.59. The number of ether oxygens (including phenoxy) is 2. The molecule has 1 unspecified atom stereocenters. The third-order valence-corrected chi connectivity index (χ3v) is 3.43. The summed E-state index contributed by atoms with van der Waals surface area (Å²) in [6.07, 6.45) is 13.8. The van der Waals surface area contributed by atoms with Gasteiger partial charge in [0.1, 0.15) is 6.79 Å². The van der Waals surface area contributed by atoms with E-state index in [9.17, 15) is 0 Å². The Hall–Kier alpha value is 1.42. The minimum Gasteiger partial charge on any atom is -1.00 e. The predicted molar refractivity (Wildman–Crippen MR) is 88.9 cm³/mol. The zero-order valence-electron chi connectivity index (χ0n) is 14.5. The molecule has 0 amide bonds. The molecule has 0 spiro atoms. The molecule has 2 nitrogen and oxygen atoms in total. The normalized spacial score (nSPS) is 11.6. The SMILES string of the molecule is C[CH-]CC(C)CCCOCOCCCCCCCC.[I-].[Mg+2]. The molecule has 0 aromatic rings. The monoisotopic (exact) mass is 422 g/mol. The van der Waals surface area contributed by atoms with Gasteiger partial charge in [0.05, 0.1) is 0 Å². The van der Waals surface area contributed by atoms with Crippen LogP contribution < -0.4 is 24.0 Å². The van der Waals surface area contributed by atoms with Gasteiger partial charge < -0.3 is 39.9 Å². The smallest absolute Gasteiger partial charge is 1.00 e. The standard InChI is InChI=1S/C17H35O2.HI.Mg/c1-4-6-7-8-9-10-14-18-16-19-15-11-13-17(3)12-5-2;;/h5,17H,4,6-16H2,1-3H3;1H;/q-1;;+2/p-1. The Bertz CT molecular complexity index is 171. The first-order chi connectivity index (χ1) is 9.31. The van der Waals surface area contributed by atoms with E-state index >= 15 is 0 Å². The quantitative estimate of drug-likeness (QED) is 0.132. The van der Waals surface area contributed by atoms with Gasteiger partial charge in [0, 0.05) is 13.2 Å². The summed E-state index contributed by atoms with van der Waals surface area (Å²) in [5.41, 5.74) is 0. The third-order valence-electron chi connectivity index (χ3n) is 3.43. The van der Waals surface area contributed by atoms with Crippen LogP contribution in [0.15, 0.2) is 0 Å². The van der Waals surface area contributed by atoms with Crippen molar-refractivity contribution in [1.29, 1.82) is 0 Å². The molecule has 0 aliphatic carbocycles. The molecule has 124 valence electrons. The summed E-state index contributed by atoms with van der Waals surface area (Å²) in [7, 11) is 0. The number of hydrogen-bond donors (Lipinski definition) is 0. The molecular weight excluding hydrogens is 387 g/mol. The Morgan fingerprint density at radius 1 is 0.905 bits per heavy atom. The van der Waals surface area contributed by atoms with E-state index < -0.39 is 0 Å². The van der Waals surface area contributed by atoms with Crippen LogP contribution >= 0.6 is 0 Å². The third kappa shape index (κ3) is 23.8. The summed E-state index contributed by atoms with van der Waals surface area (Å²) in [5, 5.41) is 0. The molecule has 4 heteroatoms. The first-order valence-electron chi connectivity index (χ1n) is 8.24. The Labute approximate surface area is 166 Å². The van der Waals surface area contributed by atoms with Crippen molar-refractivity contribution in [3.8, 4) is 0 Å². The van der Waals surface area contributed by atoms with Crippen molar-refractivity contribution in [2.75, 3.05) is 20.0 Å². The molecule has 0 heterocycles. The van der Waals surface area contributed by atoms with Crippen molar-refractivity contribution in [1.82, 2.24) is 0 Å². The Kier molecular flexibility index (Phi) is 30.8. The van der Waals surface area contributed by atoms with Crippen molar-refractivity contribution in [2.24, 2.45) is 5.92 Å². The van der Waals surface area contributed by atoms with Crippen LogP contribution in [0.5, 0.6) is 0 Å². The maximum atomic E-state index is 5.47. The fourth-order valence-corrected chi connectivity index (χ4v) is 2.22. The Morgan fingerprint density at radius 2 is 1.48 bits per heavy atom. The minimum absolute atomic E-state index is 0. The van der Waals surface area contributed by atoms with Gasteiger partial charge in [0.15, 0.2) is 0 Å². The van der Waals surface area contributed by atoms with Crippen LogP contribution in [0.3, 0.4) is 0 Å². The van der Waals surface area contributed by atoms with Gasteiger partial charge in [-0.2, -0.15) is 13.3 Å². The molecule has 1 atom stereocenters. The number of halogens is 1. The Morgan fingerprint density at radius 3 is 2.10 bits per heavy atom. The summed E-state index contributed by atoms with van der Waals surface area (Å²) >= 11 is 0. The average molecular weight is 423 g/mol. The second kappa shape index (κ2) is 23.7. The first kappa shape index (κ1) is 27.3. The van der Waals surface area contributed by atoms with E-state index in [2.05, 4.69) is 27.2 Å². The molecule has 0 aromatic carbocycles. The van der Waals surface area contributed by atoms with Gasteiger partial charge >= 0.3 is 23.1 Å². The van der Waals surface area contributed by atoms with E-state index in [1.807, 2.05) is 0 Å². The minimum atomic E-state index is 0. The molecule has 0 fully saturated rings. The molecular formula is C17H35IMgO2. The molecule has 0 N–H and O–H groups in total. The predicted octanol–water partition coefficient (Wildman–Crippen LogP) is 1.99. The van der Waals surface area contributed by atoms with Crippen LogP contribution in [0.4, 0.5) is 0 Å².